The second-order valence-electron chi connectivity index (χ2n) is 6.65. The smallest absolute Gasteiger partial charge is 0.134 e. The summed E-state index contributed by atoms with van der Waals surface area (Å²) in [6.07, 6.45) is 6.69. The summed E-state index contributed by atoms with van der Waals surface area (Å²) in [5, 5.41) is 0. The summed E-state index contributed by atoms with van der Waals surface area (Å²) >= 11 is 3.68. The van der Waals surface area contributed by atoms with Crippen LogP contribution in [0.5, 0.6) is 5.75 Å². The first-order valence-electron chi connectivity index (χ1n) is 7.98. The molecular weight excluding hydrogens is 328 g/mol. The van der Waals surface area contributed by atoms with E-state index < -0.39 is 0 Å². The Bertz CT molecular complexity index is 494. The third-order valence-electron chi connectivity index (χ3n) is 5.07. The predicted molar refractivity (Wildman–Crippen MR) is 89.9 cm³/mol. The van der Waals surface area contributed by atoms with Crippen LogP contribution in [0, 0.1) is 0 Å². The Kier molecular flexibility index (Phi) is 4.57. The monoisotopic (exact) mass is 352 g/mol. The van der Waals surface area contributed by atoms with Crippen molar-refractivity contribution in [3.05, 3.63) is 28.2 Å². The Morgan fingerprint density at radius 1 is 1.29 bits per heavy atom. The first-order valence-corrected chi connectivity index (χ1v) is 8.77. The summed E-state index contributed by atoms with van der Waals surface area (Å²) in [4.78, 5) is 2.26. The summed E-state index contributed by atoms with van der Waals surface area (Å²) in [6.45, 7) is 2.77. The molecule has 1 aliphatic carbocycles. The van der Waals surface area contributed by atoms with Gasteiger partial charge in [0.15, 0.2) is 0 Å². The molecule has 2 N–H and O–H groups in total. The minimum atomic E-state index is 0.177. The average molecular weight is 353 g/mol. The van der Waals surface area contributed by atoms with E-state index in [4.69, 9.17) is 10.5 Å². The van der Waals surface area contributed by atoms with E-state index in [0.29, 0.717) is 6.10 Å². The van der Waals surface area contributed by atoms with Crippen molar-refractivity contribution >= 4 is 15.9 Å². The van der Waals surface area contributed by atoms with Gasteiger partial charge in [-0.1, -0.05) is 25.3 Å². The topological polar surface area (TPSA) is 38.5 Å². The summed E-state index contributed by atoms with van der Waals surface area (Å²) in [5.74, 6) is 0.958. The van der Waals surface area contributed by atoms with Crippen LogP contribution in [0.4, 0.5) is 0 Å². The number of likely N-dealkylation sites (tertiary alicyclic amines) is 1. The molecule has 4 heteroatoms. The fourth-order valence-electron chi connectivity index (χ4n) is 3.66. The molecule has 2 aliphatic rings. The molecule has 1 saturated carbocycles. The lowest BCUT2D eigenvalue weighted by Crippen LogP contribution is -2.51. The van der Waals surface area contributed by atoms with Gasteiger partial charge < -0.3 is 10.5 Å². The molecule has 3 nitrogen and oxygen atoms in total. The Morgan fingerprint density at radius 3 is 2.57 bits per heavy atom. The molecule has 1 aromatic rings. The van der Waals surface area contributed by atoms with Gasteiger partial charge >= 0.3 is 0 Å². The van der Waals surface area contributed by atoms with Gasteiger partial charge in [-0.15, -0.1) is 0 Å². The fourth-order valence-corrected chi connectivity index (χ4v) is 4.13. The van der Waals surface area contributed by atoms with Crippen LogP contribution in [0.1, 0.15) is 37.7 Å². The first kappa shape index (κ1) is 15.3. The van der Waals surface area contributed by atoms with Crippen LogP contribution >= 0.6 is 15.9 Å². The van der Waals surface area contributed by atoms with Crippen molar-refractivity contribution in [2.24, 2.45) is 5.73 Å². The number of rotatable bonds is 4. The van der Waals surface area contributed by atoms with Crippen LogP contribution < -0.4 is 10.5 Å². The average Bonchev–Trinajstić information content (AvgIpc) is 2.48. The van der Waals surface area contributed by atoms with Crippen LogP contribution in [0.2, 0.25) is 0 Å². The number of nitrogens with zero attached hydrogens (tertiary/aromatic N) is 1. The van der Waals surface area contributed by atoms with E-state index in [-0.39, 0.29) is 5.41 Å². The van der Waals surface area contributed by atoms with E-state index in [0.717, 1.165) is 29.9 Å². The molecule has 0 bridgehead atoms. The Hall–Kier alpha value is -0.580. The molecule has 2 fully saturated rings. The van der Waals surface area contributed by atoms with Gasteiger partial charge in [0.2, 0.25) is 0 Å². The van der Waals surface area contributed by atoms with Crippen LogP contribution in [-0.2, 0) is 5.41 Å². The van der Waals surface area contributed by atoms with Crippen molar-refractivity contribution < 1.29 is 4.74 Å². The normalized spacial score (nSPS) is 22.8. The highest BCUT2D eigenvalue weighted by atomic mass is 79.9. The largest absolute Gasteiger partial charge is 0.487 e. The summed E-state index contributed by atoms with van der Waals surface area (Å²) < 4.78 is 7.10. The minimum Gasteiger partial charge on any atom is -0.487 e. The van der Waals surface area contributed by atoms with E-state index >= 15 is 0 Å². The highest BCUT2D eigenvalue weighted by Crippen LogP contribution is 2.41. The Balaban J connectivity index is 1.76. The standard InChI is InChI=1S/C17H25BrN2O/c1-20-10-14(11-20)21-16-6-5-13(9-15(16)18)17(12-19)7-3-2-4-8-17/h5-6,9,14H,2-4,7-8,10-12,19H2,1H3. The molecule has 1 aliphatic heterocycles. The molecule has 0 aromatic heterocycles. The molecule has 1 saturated heterocycles. The van der Waals surface area contributed by atoms with E-state index in [1.165, 1.54) is 37.7 Å². The van der Waals surface area contributed by atoms with Gasteiger partial charge in [0.1, 0.15) is 11.9 Å². The zero-order valence-corrected chi connectivity index (χ0v) is 14.4. The molecule has 3 rings (SSSR count). The molecule has 1 heterocycles. The maximum Gasteiger partial charge on any atom is 0.134 e. The van der Waals surface area contributed by atoms with E-state index in [1.54, 1.807) is 0 Å². The van der Waals surface area contributed by atoms with Crippen LogP contribution in [-0.4, -0.2) is 37.7 Å². The van der Waals surface area contributed by atoms with Gasteiger partial charge in [-0.25, -0.2) is 0 Å². The molecular formula is C17H25BrN2O. The Labute approximate surface area is 136 Å². The molecule has 21 heavy (non-hydrogen) atoms. The van der Waals surface area contributed by atoms with Crippen LogP contribution in [0.15, 0.2) is 22.7 Å². The van der Waals surface area contributed by atoms with E-state index in [9.17, 15) is 0 Å². The van der Waals surface area contributed by atoms with E-state index in [1.807, 2.05) is 0 Å². The minimum absolute atomic E-state index is 0.177. The number of nitrogens with two attached hydrogens (primary N) is 1. The molecule has 0 unspecified atom stereocenters. The lowest BCUT2D eigenvalue weighted by atomic mass is 9.69. The first-order chi connectivity index (χ1) is 10.1. The van der Waals surface area contributed by atoms with Crippen molar-refractivity contribution in [2.45, 2.75) is 43.6 Å². The maximum atomic E-state index is 6.13. The van der Waals surface area contributed by atoms with Gasteiger partial charge in [-0.05, 0) is 53.5 Å². The van der Waals surface area contributed by atoms with Crippen molar-refractivity contribution in [2.75, 3.05) is 26.7 Å². The van der Waals surface area contributed by atoms with Crippen molar-refractivity contribution in [3.63, 3.8) is 0 Å². The number of benzene rings is 1. The van der Waals surface area contributed by atoms with Crippen molar-refractivity contribution in [1.82, 2.24) is 4.90 Å². The van der Waals surface area contributed by atoms with E-state index in [2.05, 4.69) is 46.1 Å². The van der Waals surface area contributed by atoms with Crippen LogP contribution in [0.25, 0.3) is 0 Å². The zero-order valence-electron chi connectivity index (χ0n) is 12.8. The number of hydrogen-bond donors (Lipinski definition) is 1. The summed E-state index contributed by atoms with van der Waals surface area (Å²) in [6, 6.07) is 6.57. The maximum absolute atomic E-state index is 6.13. The number of ether oxygens (including phenoxy) is 1. The quantitative estimate of drug-likeness (QED) is 0.903. The predicted octanol–water partition coefficient (Wildman–Crippen LogP) is 3.30. The number of halogens is 1. The number of hydrogen-bond acceptors (Lipinski definition) is 3. The molecule has 116 valence electrons. The number of likely N-dealkylation sites (N-methyl/N-ethyl adjacent to an activating group) is 1. The SMILES string of the molecule is CN1CC(Oc2ccc(C3(CN)CCCCC3)cc2Br)C1. The van der Waals surface area contributed by atoms with Gasteiger partial charge in [-0.3, -0.25) is 4.90 Å². The highest BCUT2D eigenvalue weighted by molar-refractivity contribution is 9.10. The second-order valence-corrected chi connectivity index (χ2v) is 7.51. The summed E-state index contributed by atoms with van der Waals surface area (Å²) in [5.41, 5.74) is 7.68. The highest BCUT2D eigenvalue weighted by Gasteiger charge is 2.33. The van der Waals surface area contributed by atoms with Gasteiger partial charge in [-0.2, -0.15) is 0 Å². The molecule has 0 atom stereocenters. The molecule has 0 radical (unpaired) electrons. The Morgan fingerprint density at radius 2 is 2.00 bits per heavy atom. The van der Waals surface area contributed by atoms with Crippen LogP contribution in [0.3, 0.4) is 0 Å². The molecule has 0 spiro atoms. The third kappa shape index (κ3) is 3.13. The third-order valence-corrected chi connectivity index (χ3v) is 5.69. The second kappa shape index (κ2) is 6.27. The van der Waals surface area contributed by atoms with Crippen molar-refractivity contribution in [1.29, 1.82) is 0 Å². The lowest BCUT2D eigenvalue weighted by molar-refractivity contribution is 0.0382. The summed E-state index contributed by atoms with van der Waals surface area (Å²) in [7, 11) is 2.12. The van der Waals surface area contributed by atoms with Crippen molar-refractivity contribution in [3.8, 4) is 5.75 Å². The zero-order chi connectivity index (χ0) is 14.9. The lowest BCUT2D eigenvalue weighted by Gasteiger charge is -2.38. The fraction of sp³-hybridized carbons (Fsp3) is 0.647. The molecule has 1 aromatic carbocycles. The molecule has 0 amide bonds. The van der Waals surface area contributed by atoms with Gasteiger partial charge in [0.25, 0.3) is 0 Å². The van der Waals surface area contributed by atoms with Gasteiger partial charge in [0, 0.05) is 25.0 Å². The van der Waals surface area contributed by atoms with Gasteiger partial charge in [0.05, 0.1) is 4.47 Å².